The van der Waals surface area contributed by atoms with Gasteiger partial charge in [0.15, 0.2) is 0 Å². The second-order valence-electron chi connectivity index (χ2n) is 7.84. The van der Waals surface area contributed by atoms with Gasteiger partial charge in [-0.15, -0.1) is 0 Å². The Labute approximate surface area is 203 Å². The first-order chi connectivity index (χ1) is 15.4. The molecule has 0 unspecified atom stereocenters. The Balaban J connectivity index is 1.53. The van der Waals surface area contributed by atoms with Gasteiger partial charge in [0.1, 0.15) is 0 Å². The Morgan fingerprint density at radius 2 is 1.75 bits per heavy atom. The molecule has 2 heterocycles. The minimum absolute atomic E-state index is 0.0251. The molecule has 1 fully saturated rings. The molecule has 0 saturated carbocycles. The zero-order valence-corrected chi connectivity index (χ0v) is 20.7. The van der Waals surface area contributed by atoms with E-state index < -0.39 is 26.4 Å². The molecule has 1 amide bonds. The summed E-state index contributed by atoms with van der Waals surface area (Å²) in [6.45, 7) is 1.50. The quantitative estimate of drug-likeness (QED) is 0.400. The van der Waals surface area contributed by atoms with E-state index >= 15 is 0 Å². The Kier molecular flexibility index (Phi) is 7.40. The van der Waals surface area contributed by atoms with E-state index in [0.717, 1.165) is 48.8 Å². The van der Waals surface area contributed by atoms with Crippen LogP contribution in [0, 0.1) is 0 Å². The Morgan fingerprint density at radius 1 is 1.03 bits per heavy atom. The van der Waals surface area contributed by atoms with E-state index in [-0.39, 0.29) is 4.69 Å². The van der Waals surface area contributed by atoms with E-state index in [1.165, 1.54) is 0 Å². The predicted octanol–water partition coefficient (Wildman–Crippen LogP) is 5.93. The number of likely N-dealkylation sites (tertiary alicyclic amines) is 1. The second kappa shape index (κ2) is 10.2. The molecule has 4 rings (SSSR count). The Hall–Kier alpha value is -2.07. The molecule has 3 aromatic rings. The number of piperidine rings is 1. The Bertz CT molecular complexity index is 1140. The van der Waals surface area contributed by atoms with E-state index in [0.29, 0.717) is 27.7 Å². The topological polar surface area (TPSA) is 70.5 Å². The van der Waals surface area contributed by atoms with Crippen LogP contribution in [0.4, 0.5) is 4.79 Å². The van der Waals surface area contributed by atoms with Crippen LogP contribution < -0.4 is 0 Å². The van der Waals surface area contributed by atoms with Gasteiger partial charge in [-0.25, -0.2) is 0 Å². The first-order valence-corrected chi connectivity index (χ1v) is 13.3. The van der Waals surface area contributed by atoms with Crippen molar-refractivity contribution in [3.63, 3.8) is 0 Å². The third kappa shape index (κ3) is 5.28. The van der Waals surface area contributed by atoms with Crippen molar-refractivity contribution in [3.05, 3.63) is 64.1 Å². The fourth-order valence-electron chi connectivity index (χ4n) is 3.90. The number of benzene rings is 2. The number of hydrogen-bond acceptors (Lipinski definition) is 3. The molecule has 1 aliphatic heterocycles. The SMILES string of the molecule is O=C(O)[C@H](Cc1ccc2nc(-c3c(Cl)cccc3Cl)ccc2c1)[As]C(=O)N1CCCCC1. The van der Waals surface area contributed by atoms with E-state index in [4.69, 9.17) is 28.2 Å². The van der Waals surface area contributed by atoms with Crippen molar-refractivity contribution >= 4 is 60.5 Å². The molecule has 0 spiro atoms. The summed E-state index contributed by atoms with van der Waals surface area (Å²) in [5, 5.41) is 11.7. The zero-order chi connectivity index (χ0) is 22.7. The van der Waals surface area contributed by atoms with Crippen molar-refractivity contribution in [1.29, 1.82) is 0 Å². The van der Waals surface area contributed by atoms with E-state index in [1.54, 1.807) is 18.2 Å². The molecule has 1 aromatic heterocycles. The summed E-state index contributed by atoms with van der Waals surface area (Å²) in [5.41, 5.74) is 3.03. The third-order valence-corrected chi connectivity index (χ3v) is 8.77. The summed E-state index contributed by atoms with van der Waals surface area (Å²) < 4.78 is -0.635. The molecular formula is C24H22AsCl2N2O3. The van der Waals surface area contributed by atoms with Crippen LogP contribution in [0.1, 0.15) is 24.8 Å². The van der Waals surface area contributed by atoms with Crippen LogP contribution >= 0.6 is 23.2 Å². The number of carbonyl (C=O) groups is 2. The van der Waals surface area contributed by atoms with Crippen LogP contribution in [0.5, 0.6) is 0 Å². The van der Waals surface area contributed by atoms with Crippen LogP contribution in [0.3, 0.4) is 0 Å². The van der Waals surface area contributed by atoms with Gasteiger partial charge in [-0.3, -0.25) is 0 Å². The van der Waals surface area contributed by atoms with Gasteiger partial charge in [-0.1, -0.05) is 0 Å². The number of aliphatic carboxylic acids is 1. The number of halogens is 2. The van der Waals surface area contributed by atoms with Gasteiger partial charge < -0.3 is 0 Å². The number of hydrogen-bond donors (Lipinski definition) is 1. The molecular weight excluding hydrogens is 510 g/mol. The summed E-state index contributed by atoms with van der Waals surface area (Å²) >= 11 is 11.7. The molecule has 1 N–H and O–H groups in total. The number of rotatable bonds is 6. The van der Waals surface area contributed by atoms with Gasteiger partial charge in [-0.2, -0.15) is 0 Å². The number of carboxylic acids is 1. The third-order valence-electron chi connectivity index (χ3n) is 5.58. The maximum atomic E-state index is 12.6. The summed E-state index contributed by atoms with van der Waals surface area (Å²) in [7, 11) is 0. The van der Waals surface area contributed by atoms with Gasteiger partial charge in [0.25, 0.3) is 0 Å². The fourth-order valence-corrected chi connectivity index (χ4v) is 6.67. The van der Waals surface area contributed by atoms with Gasteiger partial charge in [0, 0.05) is 0 Å². The average molecular weight is 532 g/mol. The van der Waals surface area contributed by atoms with Crippen molar-refractivity contribution in [2.75, 3.05) is 13.1 Å². The van der Waals surface area contributed by atoms with Gasteiger partial charge in [0.2, 0.25) is 0 Å². The van der Waals surface area contributed by atoms with Gasteiger partial charge in [0.05, 0.1) is 0 Å². The number of nitrogens with zero attached hydrogens (tertiary/aromatic N) is 2. The maximum absolute atomic E-state index is 12.6. The Morgan fingerprint density at radius 3 is 2.44 bits per heavy atom. The monoisotopic (exact) mass is 531 g/mol. The van der Waals surface area contributed by atoms with Gasteiger partial charge >= 0.3 is 204 Å². The minimum atomic E-state index is -0.968. The molecule has 0 bridgehead atoms. The zero-order valence-electron chi connectivity index (χ0n) is 17.3. The molecule has 32 heavy (non-hydrogen) atoms. The summed E-state index contributed by atoms with van der Waals surface area (Å²) in [6.07, 6.45) is 3.48. The summed E-state index contributed by atoms with van der Waals surface area (Å²) in [6, 6.07) is 14.8. The van der Waals surface area contributed by atoms with Crippen molar-refractivity contribution in [2.24, 2.45) is 0 Å². The van der Waals surface area contributed by atoms with Crippen molar-refractivity contribution in [2.45, 2.75) is 30.4 Å². The van der Waals surface area contributed by atoms with E-state index in [9.17, 15) is 14.7 Å². The number of carboxylic acid groups (broad SMARTS) is 1. The standard InChI is InChI=1S/C24H22AsCl2N2O3/c26-18-5-4-6-19(27)22(18)21-10-8-16-13-15(7-9-20(16)28-21)14-17(23(30)31)25-24(32)29-11-2-1-3-12-29/h4-10,13,17H,1-3,11-12,14H2,(H,30,31)/t17-/m0/s1. The van der Waals surface area contributed by atoms with Crippen LogP contribution in [-0.4, -0.2) is 54.5 Å². The van der Waals surface area contributed by atoms with Crippen LogP contribution in [0.25, 0.3) is 22.2 Å². The van der Waals surface area contributed by atoms with Crippen molar-refractivity contribution in [1.82, 2.24) is 9.88 Å². The number of fused-ring (bicyclic) bond motifs is 1. The van der Waals surface area contributed by atoms with E-state index in [1.807, 2.05) is 35.2 Å². The normalized spacial score (nSPS) is 15.4. The van der Waals surface area contributed by atoms with Crippen LogP contribution in [0.2, 0.25) is 14.8 Å². The number of amides is 1. The number of carbonyl (C=O) groups excluding carboxylic acids is 1. The number of aromatic nitrogens is 1. The molecule has 5 nitrogen and oxygen atoms in total. The first-order valence-electron chi connectivity index (χ1n) is 10.5. The van der Waals surface area contributed by atoms with Crippen molar-refractivity contribution < 1.29 is 14.7 Å². The average Bonchev–Trinajstić information content (AvgIpc) is 2.79. The van der Waals surface area contributed by atoms with E-state index in [2.05, 4.69) is 0 Å². The molecule has 1 saturated heterocycles. The summed E-state index contributed by atoms with van der Waals surface area (Å²) in [4.78, 5) is 31.0. The summed E-state index contributed by atoms with van der Waals surface area (Å²) in [5.74, 6) is -0.905. The first kappa shape index (κ1) is 23.1. The second-order valence-corrected chi connectivity index (χ2v) is 11.3. The fraction of sp³-hybridized carbons (Fsp3) is 0.292. The molecule has 1 radical (unpaired) electrons. The van der Waals surface area contributed by atoms with Crippen LogP contribution in [0.15, 0.2) is 48.5 Å². The molecule has 165 valence electrons. The molecule has 8 heteroatoms. The molecule has 1 atom stereocenters. The molecule has 2 aromatic carbocycles. The number of pyridine rings is 1. The molecule has 1 aliphatic rings. The van der Waals surface area contributed by atoms with Crippen molar-refractivity contribution in [3.8, 4) is 11.3 Å². The van der Waals surface area contributed by atoms with Crippen LogP contribution in [-0.2, 0) is 11.2 Å². The predicted molar refractivity (Wildman–Crippen MR) is 129 cm³/mol. The molecule has 0 aliphatic carbocycles. The van der Waals surface area contributed by atoms with Gasteiger partial charge in [-0.05, 0) is 0 Å².